The smallest absolute Gasteiger partial charge is 0.240 e. The minimum Gasteiger partial charge on any atom is -0.506 e. The zero-order chi connectivity index (χ0) is 23.2. The summed E-state index contributed by atoms with van der Waals surface area (Å²) in [6, 6.07) is 6.46. The summed E-state index contributed by atoms with van der Waals surface area (Å²) < 4.78 is 0. The van der Waals surface area contributed by atoms with Crippen LogP contribution in [0.15, 0.2) is 29.4 Å². The van der Waals surface area contributed by atoms with Crippen molar-refractivity contribution in [3.8, 4) is 5.75 Å². The molecule has 0 aliphatic rings. The number of hydrazone groups is 1. The minimum atomic E-state index is -1.79. The Balaban J connectivity index is 2.14. The van der Waals surface area contributed by atoms with Crippen molar-refractivity contribution in [3.63, 3.8) is 0 Å². The molecule has 8 N–H and O–H groups in total. The van der Waals surface area contributed by atoms with Gasteiger partial charge in [-0.3, -0.25) is 9.59 Å². The molecule has 0 aliphatic carbocycles. The number of phenols is 1. The van der Waals surface area contributed by atoms with E-state index >= 15 is 0 Å². The van der Waals surface area contributed by atoms with E-state index in [9.17, 15) is 35.1 Å². The zero-order valence-electron chi connectivity index (χ0n) is 17.1. The van der Waals surface area contributed by atoms with Crippen LogP contribution in [-0.2, 0) is 9.59 Å². The van der Waals surface area contributed by atoms with Crippen LogP contribution in [0.25, 0.3) is 0 Å². The van der Waals surface area contributed by atoms with Crippen molar-refractivity contribution in [3.05, 3.63) is 24.3 Å². The monoisotopic (exact) mass is 441 g/mol. The number of anilines is 1. The number of hydrogen-bond acceptors (Lipinski definition) is 9. The van der Waals surface area contributed by atoms with Gasteiger partial charge in [-0.1, -0.05) is 25.0 Å². The van der Waals surface area contributed by atoms with Crippen LogP contribution < -0.4 is 10.7 Å². The maximum Gasteiger partial charge on any atom is 0.240 e. The molecule has 1 aromatic carbocycles. The molecule has 0 saturated carbocycles. The largest absolute Gasteiger partial charge is 0.506 e. The van der Waals surface area contributed by atoms with Gasteiger partial charge in [0.05, 0.1) is 18.5 Å². The molecule has 31 heavy (non-hydrogen) atoms. The van der Waals surface area contributed by atoms with Crippen molar-refractivity contribution in [2.45, 2.75) is 62.9 Å². The molecule has 0 radical (unpaired) electrons. The lowest BCUT2D eigenvalue weighted by Gasteiger charge is -2.23. The first kappa shape index (κ1) is 26.5. The Hall–Kier alpha value is -2.57. The van der Waals surface area contributed by atoms with Crippen LogP contribution in [0, 0.1) is 0 Å². The van der Waals surface area contributed by atoms with Crippen molar-refractivity contribution < 1.29 is 40.2 Å². The maximum absolute atomic E-state index is 11.8. The van der Waals surface area contributed by atoms with Gasteiger partial charge >= 0.3 is 0 Å². The van der Waals surface area contributed by atoms with E-state index in [1.807, 2.05) is 0 Å². The molecule has 1 aromatic rings. The summed E-state index contributed by atoms with van der Waals surface area (Å²) in [4.78, 5) is 23.5. The molecule has 0 heterocycles. The summed E-state index contributed by atoms with van der Waals surface area (Å²) in [5.74, 6) is -0.609. The number of amides is 2. The zero-order valence-corrected chi connectivity index (χ0v) is 17.1. The molecule has 1 rings (SSSR count). The Morgan fingerprint density at radius 1 is 0.935 bits per heavy atom. The number of para-hydroxylation sites is 2. The van der Waals surface area contributed by atoms with Gasteiger partial charge in [-0.15, -0.1) is 0 Å². The number of rotatable bonds is 14. The summed E-state index contributed by atoms with van der Waals surface area (Å²) in [5, 5.41) is 62.3. The van der Waals surface area contributed by atoms with E-state index in [2.05, 4.69) is 15.8 Å². The fourth-order valence-corrected chi connectivity index (χ4v) is 2.58. The van der Waals surface area contributed by atoms with Gasteiger partial charge in [0.2, 0.25) is 11.8 Å². The van der Waals surface area contributed by atoms with Crippen LogP contribution >= 0.6 is 0 Å². The summed E-state index contributed by atoms with van der Waals surface area (Å²) >= 11 is 0. The SMILES string of the molecule is O=C(CCCCCCC(=O)Nc1ccccc1O)N/N=C/[C@H](O)[C@@H](O)[C@H](O)[C@H](O)CO. The molecule has 2 amide bonds. The number of carbonyl (C=O) groups excluding carboxylic acids is 2. The number of benzene rings is 1. The molecule has 11 nitrogen and oxygen atoms in total. The standard InChI is InChI=1S/C20H31N3O8/c24-12-16(27)20(31)19(30)15(26)11-21-23-18(29)10-4-2-1-3-9-17(28)22-13-7-5-6-8-14(13)25/h5-8,11,15-16,19-20,24-27,30-31H,1-4,9-10,12H2,(H,22,28)(H,23,29)/b21-11+/t15-,16+,19+,20+/m0/s1. The molecule has 0 fully saturated rings. The maximum atomic E-state index is 11.8. The van der Waals surface area contributed by atoms with Crippen LogP contribution in [-0.4, -0.2) is 79.7 Å². The number of aromatic hydroxyl groups is 1. The van der Waals surface area contributed by atoms with E-state index in [0.29, 0.717) is 31.4 Å². The van der Waals surface area contributed by atoms with Crippen LogP contribution in [0.4, 0.5) is 5.69 Å². The van der Waals surface area contributed by atoms with Crippen molar-refractivity contribution >= 4 is 23.7 Å². The number of unbranched alkanes of at least 4 members (excludes halogenated alkanes) is 3. The fraction of sp³-hybridized carbons (Fsp3) is 0.550. The predicted octanol–water partition coefficient (Wildman–Crippen LogP) is -0.791. The van der Waals surface area contributed by atoms with Gasteiger partial charge < -0.3 is 36.0 Å². The Morgan fingerprint density at radius 3 is 2.16 bits per heavy atom. The second-order valence-corrected chi connectivity index (χ2v) is 7.01. The third kappa shape index (κ3) is 10.3. The number of phenolic OH excluding ortho intramolecular Hbond substituents is 1. The van der Waals surface area contributed by atoms with Gasteiger partial charge in [0.1, 0.15) is 30.2 Å². The highest BCUT2D eigenvalue weighted by Gasteiger charge is 2.29. The van der Waals surface area contributed by atoms with E-state index in [0.717, 1.165) is 12.6 Å². The molecule has 0 saturated heterocycles. The van der Waals surface area contributed by atoms with E-state index in [-0.39, 0.29) is 18.1 Å². The Labute approximate surface area is 180 Å². The molecule has 0 bridgehead atoms. The predicted molar refractivity (Wildman–Crippen MR) is 112 cm³/mol. The van der Waals surface area contributed by atoms with Gasteiger partial charge in [0.15, 0.2) is 0 Å². The van der Waals surface area contributed by atoms with Crippen LogP contribution in [0.5, 0.6) is 5.75 Å². The van der Waals surface area contributed by atoms with Crippen LogP contribution in [0.1, 0.15) is 38.5 Å². The van der Waals surface area contributed by atoms with Crippen molar-refractivity contribution in [1.29, 1.82) is 0 Å². The normalized spacial score (nSPS) is 15.3. The van der Waals surface area contributed by atoms with E-state index < -0.39 is 36.9 Å². The van der Waals surface area contributed by atoms with Gasteiger partial charge in [-0.05, 0) is 25.0 Å². The molecule has 11 heteroatoms. The van der Waals surface area contributed by atoms with Gasteiger partial charge in [-0.2, -0.15) is 5.10 Å². The number of aliphatic hydroxyl groups is 5. The first-order valence-corrected chi connectivity index (χ1v) is 9.99. The lowest BCUT2D eigenvalue weighted by Crippen LogP contribution is -2.46. The first-order valence-electron chi connectivity index (χ1n) is 9.99. The van der Waals surface area contributed by atoms with Crippen LogP contribution in [0.2, 0.25) is 0 Å². The first-order chi connectivity index (χ1) is 14.8. The summed E-state index contributed by atoms with van der Waals surface area (Å²) in [5.41, 5.74) is 2.53. The number of aliphatic hydroxyl groups excluding tert-OH is 5. The molecule has 0 aromatic heterocycles. The van der Waals surface area contributed by atoms with Crippen molar-refractivity contribution in [2.24, 2.45) is 5.10 Å². The van der Waals surface area contributed by atoms with Crippen LogP contribution in [0.3, 0.4) is 0 Å². The summed E-state index contributed by atoms with van der Waals surface area (Å²) in [6.07, 6.45) is -2.92. The Morgan fingerprint density at radius 2 is 1.55 bits per heavy atom. The second kappa shape index (κ2) is 14.4. The fourth-order valence-electron chi connectivity index (χ4n) is 2.58. The quantitative estimate of drug-likeness (QED) is 0.0796. The van der Waals surface area contributed by atoms with Crippen molar-refractivity contribution in [2.75, 3.05) is 11.9 Å². The molecular weight excluding hydrogens is 410 g/mol. The molecule has 0 spiro atoms. The van der Waals surface area contributed by atoms with Gasteiger partial charge in [0, 0.05) is 12.8 Å². The topological polar surface area (TPSA) is 192 Å². The summed E-state index contributed by atoms with van der Waals surface area (Å²) in [7, 11) is 0. The molecule has 4 atom stereocenters. The number of nitrogens with zero attached hydrogens (tertiary/aromatic N) is 1. The minimum absolute atomic E-state index is 0.00507. The molecule has 0 unspecified atom stereocenters. The molecule has 174 valence electrons. The third-order valence-corrected chi connectivity index (χ3v) is 4.43. The lowest BCUT2D eigenvalue weighted by molar-refractivity contribution is -0.121. The highest BCUT2D eigenvalue weighted by Crippen LogP contribution is 2.21. The highest BCUT2D eigenvalue weighted by atomic mass is 16.4. The lowest BCUT2D eigenvalue weighted by atomic mass is 10.0. The number of nitrogens with one attached hydrogen (secondary N) is 2. The van der Waals surface area contributed by atoms with Gasteiger partial charge in [-0.25, -0.2) is 5.43 Å². The number of carbonyl (C=O) groups is 2. The van der Waals surface area contributed by atoms with Gasteiger partial charge in [0.25, 0.3) is 0 Å². The van der Waals surface area contributed by atoms with E-state index in [1.165, 1.54) is 6.07 Å². The molecular formula is C20H31N3O8. The number of hydrogen-bond donors (Lipinski definition) is 8. The average molecular weight is 441 g/mol. The Bertz CT molecular complexity index is 715. The van der Waals surface area contributed by atoms with Crippen molar-refractivity contribution in [1.82, 2.24) is 5.43 Å². The van der Waals surface area contributed by atoms with E-state index in [4.69, 9.17) is 5.11 Å². The highest BCUT2D eigenvalue weighted by molar-refractivity contribution is 5.92. The Kier molecular flexibility index (Phi) is 12.3. The molecule has 0 aliphatic heterocycles. The second-order valence-electron chi connectivity index (χ2n) is 7.01. The third-order valence-electron chi connectivity index (χ3n) is 4.43. The van der Waals surface area contributed by atoms with E-state index in [1.54, 1.807) is 18.2 Å². The summed E-state index contributed by atoms with van der Waals surface area (Å²) in [6.45, 7) is -0.792. The average Bonchev–Trinajstić information content (AvgIpc) is 2.75.